The molecule has 6 nitrogen and oxygen atoms in total. The SMILES string of the molecule is CC(=O)C1=C(C)C[C@@]2(C)C[C@@]3(C)Cc4c(-c5ccc(C)cc5)ccc(O)c4C(=O)C3=C(O)[C@@]2(O)C1=O. The minimum atomic E-state index is -2.40. The number of aromatic hydroxyl groups is 1. The Morgan fingerprint density at radius 3 is 2.19 bits per heavy atom. The zero-order chi connectivity index (χ0) is 26.4. The van der Waals surface area contributed by atoms with Gasteiger partial charge in [-0.05, 0) is 62.8 Å². The summed E-state index contributed by atoms with van der Waals surface area (Å²) in [5.41, 5.74) is -0.500. The van der Waals surface area contributed by atoms with Crippen LogP contribution in [0.5, 0.6) is 5.75 Å². The maximum absolute atomic E-state index is 14.0. The number of hydrogen-bond acceptors (Lipinski definition) is 6. The minimum absolute atomic E-state index is 0.0675. The van der Waals surface area contributed by atoms with Crippen LogP contribution < -0.4 is 0 Å². The minimum Gasteiger partial charge on any atom is -0.508 e. The van der Waals surface area contributed by atoms with E-state index in [-0.39, 0.29) is 35.3 Å². The van der Waals surface area contributed by atoms with Crippen molar-refractivity contribution in [3.8, 4) is 16.9 Å². The van der Waals surface area contributed by atoms with Gasteiger partial charge in [0.05, 0.1) is 11.1 Å². The van der Waals surface area contributed by atoms with Crippen LogP contribution in [0.2, 0.25) is 0 Å². The molecule has 0 saturated carbocycles. The highest BCUT2D eigenvalue weighted by Gasteiger charge is 2.67. The Hall–Kier alpha value is -3.51. The van der Waals surface area contributed by atoms with E-state index in [1.165, 1.54) is 13.0 Å². The first kappa shape index (κ1) is 24.2. The maximum atomic E-state index is 14.0. The van der Waals surface area contributed by atoms with Gasteiger partial charge in [0.2, 0.25) is 5.78 Å². The molecule has 0 amide bonds. The standard InChI is InChI=1S/C30H30O6/c1-15-6-8-18(9-7-15)19-10-11-21(32)23-20(19)13-28(4)14-29(5)12-16(2)22(17(3)31)26(34)30(29,36)27(35)24(28)25(23)33/h6-11,32,35-36H,12-14H2,1-5H3/t28-,29+,30+/m1/s1. The third-order valence-electron chi connectivity index (χ3n) is 8.50. The second-order valence-electron chi connectivity index (χ2n) is 11.3. The van der Waals surface area contributed by atoms with Crippen molar-refractivity contribution in [2.75, 3.05) is 0 Å². The molecule has 0 spiro atoms. The number of carbonyl (C=O) groups excluding carboxylic acids is 3. The number of rotatable bonds is 2. The summed E-state index contributed by atoms with van der Waals surface area (Å²) in [6, 6.07) is 11.1. The monoisotopic (exact) mass is 486 g/mol. The summed E-state index contributed by atoms with van der Waals surface area (Å²) >= 11 is 0. The number of ketones is 3. The van der Waals surface area contributed by atoms with Gasteiger partial charge in [-0.2, -0.15) is 0 Å². The topological polar surface area (TPSA) is 112 Å². The first-order valence-electron chi connectivity index (χ1n) is 12.1. The van der Waals surface area contributed by atoms with E-state index in [4.69, 9.17) is 0 Å². The number of phenols is 1. The number of aryl methyl sites for hydroxylation is 1. The van der Waals surface area contributed by atoms with Gasteiger partial charge in [-0.25, -0.2) is 0 Å². The quantitative estimate of drug-likeness (QED) is 0.518. The normalized spacial score (nSPS) is 29.6. The van der Waals surface area contributed by atoms with Gasteiger partial charge < -0.3 is 15.3 Å². The number of aliphatic hydroxyl groups is 2. The van der Waals surface area contributed by atoms with Crippen LogP contribution in [0.3, 0.4) is 0 Å². The summed E-state index contributed by atoms with van der Waals surface area (Å²) in [5, 5.41) is 34.1. The number of benzene rings is 2. The van der Waals surface area contributed by atoms with E-state index in [0.717, 1.165) is 16.7 Å². The molecule has 0 unspecified atom stereocenters. The van der Waals surface area contributed by atoms with E-state index in [1.54, 1.807) is 19.9 Å². The fourth-order valence-corrected chi connectivity index (χ4v) is 7.03. The molecule has 0 saturated heterocycles. The number of phenolic OH excluding ortho intramolecular Hbond substituents is 1. The third kappa shape index (κ3) is 2.97. The molecule has 3 aliphatic rings. The number of aliphatic hydroxyl groups excluding tert-OH is 1. The average Bonchev–Trinajstić information content (AvgIpc) is 2.76. The van der Waals surface area contributed by atoms with Crippen molar-refractivity contribution >= 4 is 17.3 Å². The van der Waals surface area contributed by atoms with Crippen molar-refractivity contribution in [1.82, 2.24) is 0 Å². The highest BCUT2D eigenvalue weighted by Crippen LogP contribution is 2.62. The highest BCUT2D eigenvalue weighted by molar-refractivity contribution is 6.25. The largest absolute Gasteiger partial charge is 0.508 e. The Morgan fingerprint density at radius 2 is 1.58 bits per heavy atom. The van der Waals surface area contributed by atoms with Gasteiger partial charge in [0.25, 0.3) is 0 Å². The lowest BCUT2D eigenvalue weighted by molar-refractivity contribution is -0.157. The molecule has 5 rings (SSSR count). The third-order valence-corrected chi connectivity index (χ3v) is 8.50. The predicted molar refractivity (Wildman–Crippen MR) is 135 cm³/mol. The van der Waals surface area contributed by atoms with Crippen LogP contribution in [0, 0.1) is 17.8 Å². The van der Waals surface area contributed by atoms with Crippen molar-refractivity contribution in [2.45, 2.75) is 59.5 Å². The van der Waals surface area contributed by atoms with Crippen LogP contribution >= 0.6 is 0 Å². The molecule has 6 heteroatoms. The van der Waals surface area contributed by atoms with Gasteiger partial charge in [0.15, 0.2) is 17.2 Å². The Balaban J connectivity index is 1.76. The summed E-state index contributed by atoms with van der Waals surface area (Å²) in [7, 11) is 0. The molecule has 0 aromatic heterocycles. The van der Waals surface area contributed by atoms with Gasteiger partial charge in [-0.3, -0.25) is 14.4 Å². The highest BCUT2D eigenvalue weighted by atomic mass is 16.3. The molecule has 2 aromatic carbocycles. The maximum Gasteiger partial charge on any atom is 0.206 e. The molecule has 3 aliphatic carbocycles. The Bertz CT molecular complexity index is 1440. The molecular formula is C30H30O6. The van der Waals surface area contributed by atoms with E-state index in [0.29, 0.717) is 17.6 Å². The molecule has 0 radical (unpaired) electrons. The first-order valence-corrected chi connectivity index (χ1v) is 12.1. The fourth-order valence-electron chi connectivity index (χ4n) is 7.03. The fraction of sp³-hybridized carbons (Fsp3) is 0.367. The molecule has 0 heterocycles. The second kappa shape index (κ2) is 7.50. The smallest absolute Gasteiger partial charge is 0.206 e. The first-order chi connectivity index (χ1) is 16.7. The number of Topliss-reactive ketones (excluding diaryl/α,β-unsaturated/α-hetero) is 3. The van der Waals surface area contributed by atoms with Gasteiger partial charge in [-0.1, -0.05) is 55.3 Å². The summed E-state index contributed by atoms with van der Waals surface area (Å²) in [6.45, 7) is 8.54. The number of hydrogen-bond donors (Lipinski definition) is 3. The van der Waals surface area contributed by atoms with Gasteiger partial charge >= 0.3 is 0 Å². The van der Waals surface area contributed by atoms with E-state index in [1.807, 2.05) is 38.1 Å². The molecule has 2 aromatic rings. The lowest BCUT2D eigenvalue weighted by Crippen LogP contribution is -2.63. The van der Waals surface area contributed by atoms with Gasteiger partial charge in [-0.15, -0.1) is 0 Å². The van der Waals surface area contributed by atoms with Crippen LogP contribution in [0.25, 0.3) is 11.1 Å². The zero-order valence-electron chi connectivity index (χ0n) is 21.2. The van der Waals surface area contributed by atoms with E-state index in [2.05, 4.69) is 0 Å². The molecule has 3 atom stereocenters. The van der Waals surface area contributed by atoms with E-state index >= 15 is 0 Å². The van der Waals surface area contributed by atoms with Crippen molar-refractivity contribution < 1.29 is 29.7 Å². The zero-order valence-corrected chi connectivity index (χ0v) is 21.2. The van der Waals surface area contributed by atoms with E-state index < -0.39 is 39.5 Å². The van der Waals surface area contributed by atoms with Crippen LogP contribution in [0.15, 0.2) is 58.9 Å². The summed E-state index contributed by atoms with van der Waals surface area (Å²) in [6.07, 6.45) is 0.786. The van der Waals surface area contributed by atoms with Crippen molar-refractivity contribution in [1.29, 1.82) is 0 Å². The molecule has 186 valence electrons. The number of fused-ring (bicyclic) bond motifs is 3. The molecule has 0 bridgehead atoms. The second-order valence-corrected chi connectivity index (χ2v) is 11.3. The van der Waals surface area contributed by atoms with Crippen molar-refractivity contribution in [3.63, 3.8) is 0 Å². The molecule has 36 heavy (non-hydrogen) atoms. The average molecular weight is 487 g/mol. The molecule has 0 fully saturated rings. The van der Waals surface area contributed by atoms with Crippen molar-refractivity contribution in [3.05, 3.63) is 75.6 Å². The number of allylic oxidation sites excluding steroid dienone is 2. The number of carbonyl (C=O) groups is 3. The Labute approximate surface area is 210 Å². The molecule has 3 N–H and O–H groups in total. The van der Waals surface area contributed by atoms with Crippen molar-refractivity contribution in [2.24, 2.45) is 10.8 Å². The molecule has 0 aliphatic heterocycles. The van der Waals surface area contributed by atoms with Crippen LogP contribution in [0.1, 0.15) is 62.0 Å². The van der Waals surface area contributed by atoms with Gasteiger partial charge in [0, 0.05) is 16.4 Å². The lowest BCUT2D eigenvalue weighted by Gasteiger charge is -2.56. The Morgan fingerprint density at radius 1 is 0.944 bits per heavy atom. The molecular weight excluding hydrogens is 456 g/mol. The summed E-state index contributed by atoms with van der Waals surface area (Å²) in [5.74, 6) is -2.89. The predicted octanol–water partition coefficient (Wildman–Crippen LogP) is 4.94. The lowest BCUT2D eigenvalue weighted by atomic mass is 9.48. The van der Waals surface area contributed by atoms with Crippen LogP contribution in [-0.4, -0.2) is 38.3 Å². The van der Waals surface area contributed by atoms with Gasteiger partial charge in [0.1, 0.15) is 11.5 Å². The van der Waals surface area contributed by atoms with Crippen LogP contribution in [0.4, 0.5) is 0 Å². The summed E-state index contributed by atoms with van der Waals surface area (Å²) in [4.78, 5) is 39.8. The van der Waals surface area contributed by atoms with E-state index in [9.17, 15) is 29.7 Å². The van der Waals surface area contributed by atoms with Crippen LogP contribution in [-0.2, 0) is 16.0 Å². The summed E-state index contributed by atoms with van der Waals surface area (Å²) < 4.78 is 0. The Kier molecular flexibility index (Phi) is 5.04.